The van der Waals surface area contributed by atoms with Gasteiger partial charge < -0.3 is 19.1 Å². The third kappa shape index (κ3) is 7.32. The average Bonchev–Trinajstić information content (AvgIpc) is 2.71. The second kappa shape index (κ2) is 11.0. The summed E-state index contributed by atoms with van der Waals surface area (Å²) < 4.78 is 46.4. The molecule has 2 aromatic rings. The monoisotopic (exact) mass is 437 g/mol. The summed E-state index contributed by atoms with van der Waals surface area (Å²) in [5.41, 5.74) is 2.19. The summed E-state index contributed by atoms with van der Waals surface area (Å²) >= 11 is 0. The summed E-state index contributed by atoms with van der Waals surface area (Å²) in [5.74, 6) is -0.502. The lowest BCUT2D eigenvalue weighted by Gasteiger charge is -2.12. The summed E-state index contributed by atoms with van der Waals surface area (Å²) in [6.07, 6.45) is -4.78. The van der Waals surface area contributed by atoms with Crippen LogP contribution in [0.1, 0.15) is 30.5 Å². The van der Waals surface area contributed by atoms with E-state index in [0.29, 0.717) is 29.0 Å². The van der Waals surface area contributed by atoms with Crippen LogP contribution in [0.4, 0.5) is 13.2 Å². The maximum absolute atomic E-state index is 12.4. The van der Waals surface area contributed by atoms with Crippen LogP contribution in [0, 0.1) is 5.41 Å². The van der Waals surface area contributed by atoms with E-state index in [1.165, 1.54) is 25.3 Å². The van der Waals surface area contributed by atoms with Crippen molar-refractivity contribution in [2.24, 2.45) is 10.3 Å². The molecule has 0 saturated carbocycles. The first-order valence-corrected chi connectivity index (χ1v) is 9.19. The van der Waals surface area contributed by atoms with Crippen molar-refractivity contribution in [1.29, 1.82) is 5.41 Å². The number of nitrogens with one attached hydrogen (secondary N) is 1. The standard InChI is InChI=1S/C21H22F3N3O4/c1-4-29-20(25)19(27-28-3)18-11-6-5-8-16(18)13-30-26-14(2)15-9-7-10-17(12-15)31-21(22,23)24/h5-12,25H,4,13H2,1-3H3. The third-order valence-corrected chi connectivity index (χ3v) is 3.87. The molecule has 2 rings (SSSR count). The summed E-state index contributed by atoms with van der Waals surface area (Å²) in [5, 5.41) is 15.9. The topological polar surface area (TPSA) is 85.5 Å². The number of benzene rings is 2. The van der Waals surface area contributed by atoms with Crippen molar-refractivity contribution >= 4 is 17.3 Å². The predicted molar refractivity (Wildman–Crippen MR) is 109 cm³/mol. The molecule has 0 aliphatic heterocycles. The van der Waals surface area contributed by atoms with Crippen LogP contribution in [0.15, 0.2) is 58.8 Å². The largest absolute Gasteiger partial charge is 0.573 e. The molecule has 0 aromatic heterocycles. The van der Waals surface area contributed by atoms with Crippen LogP contribution in [-0.2, 0) is 21.0 Å². The molecule has 1 N–H and O–H groups in total. The highest BCUT2D eigenvalue weighted by molar-refractivity contribution is 6.44. The van der Waals surface area contributed by atoms with Gasteiger partial charge in [0.15, 0.2) is 5.71 Å². The zero-order chi connectivity index (χ0) is 22.9. The zero-order valence-electron chi connectivity index (χ0n) is 17.2. The van der Waals surface area contributed by atoms with Crippen molar-refractivity contribution < 1.29 is 32.3 Å². The van der Waals surface area contributed by atoms with Gasteiger partial charge in [0.25, 0.3) is 0 Å². The van der Waals surface area contributed by atoms with Crippen molar-refractivity contribution in [3.8, 4) is 5.75 Å². The first-order chi connectivity index (χ1) is 14.7. The van der Waals surface area contributed by atoms with Gasteiger partial charge in [-0.1, -0.05) is 46.7 Å². The van der Waals surface area contributed by atoms with Crippen LogP contribution in [0.3, 0.4) is 0 Å². The number of alkyl halides is 3. The lowest BCUT2D eigenvalue weighted by molar-refractivity contribution is -0.274. The van der Waals surface area contributed by atoms with E-state index in [9.17, 15) is 13.2 Å². The van der Waals surface area contributed by atoms with Crippen LogP contribution in [0.5, 0.6) is 5.75 Å². The van der Waals surface area contributed by atoms with Gasteiger partial charge in [-0.2, -0.15) is 0 Å². The van der Waals surface area contributed by atoms with E-state index in [4.69, 9.17) is 19.8 Å². The average molecular weight is 437 g/mol. The summed E-state index contributed by atoms with van der Waals surface area (Å²) in [4.78, 5) is 10.2. The minimum Gasteiger partial charge on any atom is -0.477 e. The van der Waals surface area contributed by atoms with Crippen molar-refractivity contribution in [2.75, 3.05) is 13.7 Å². The Morgan fingerprint density at radius 3 is 2.48 bits per heavy atom. The number of nitrogens with zero attached hydrogens (tertiary/aromatic N) is 2. The smallest absolute Gasteiger partial charge is 0.477 e. The maximum atomic E-state index is 12.4. The molecule has 0 amide bonds. The van der Waals surface area contributed by atoms with Crippen LogP contribution >= 0.6 is 0 Å². The van der Waals surface area contributed by atoms with Gasteiger partial charge >= 0.3 is 6.36 Å². The van der Waals surface area contributed by atoms with Crippen LogP contribution in [-0.4, -0.2) is 37.4 Å². The van der Waals surface area contributed by atoms with E-state index >= 15 is 0 Å². The highest BCUT2D eigenvalue weighted by atomic mass is 19.4. The molecule has 10 heteroatoms. The second-order valence-electron chi connectivity index (χ2n) is 6.07. The molecule has 0 aliphatic rings. The van der Waals surface area contributed by atoms with Crippen LogP contribution in [0.2, 0.25) is 0 Å². The molecule has 166 valence electrons. The van der Waals surface area contributed by atoms with Gasteiger partial charge in [-0.15, -0.1) is 13.2 Å². The molecule has 0 atom stereocenters. The Kier molecular flexibility index (Phi) is 8.42. The molecule has 0 saturated heterocycles. The Hall–Kier alpha value is -3.56. The molecular weight excluding hydrogens is 415 g/mol. The normalized spacial score (nSPS) is 12.3. The molecule has 0 heterocycles. The number of ether oxygens (including phenoxy) is 2. The lowest BCUT2D eigenvalue weighted by atomic mass is 10.0. The minimum atomic E-state index is -4.78. The van der Waals surface area contributed by atoms with E-state index in [1.807, 2.05) is 0 Å². The molecule has 0 aliphatic carbocycles. The Morgan fingerprint density at radius 2 is 1.81 bits per heavy atom. The molecular formula is C21H22F3N3O4. The fourth-order valence-corrected chi connectivity index (χ4v) is 2.56. The van der Waals surface area contributed by atoms with E-state index in [2.05, 4.69) is 15.0 Å². The Labute approximate surface area is 177 Å². The number of rotatable bonds is 9. The summed E-state index contributed by atoms with van der Waals surface area (Å²) in [7, 11) is 1.36. The SMILES string of the molecule is CCOC(=N)C(=NOC)c1ccccc1CON=C(C)c1cccc(OC(F)(F)F)c1. The molecule has 0 radical (unpaired) electrons. The minimum absolute atomic E-state index is 0.0222. The van der Waals surface area contributed by atoms with Gasteiger partial charge in [0.05, 0.1) is 12.3 Å². The molecule has 0 spiro atoms. The molecule has 0 bridgehead atoms. The molecule has 0 fully saturated rings. The maximum Gasteiger partial charge on any atom is 0.573 e. The van der Waals surface area contributed by atoms with Gasteiger partial charge in [0.1, 0.15) is 19.5 Å². The number of halogens is 3. The van der Waals surface area contributed by atoms with Gasteiger partial charge in [-0.05, 0) is 26.0 Å². The van der Waals surface area contributed by atoms with Crippen molar-refractivity contribution in [1.82, 2.24) is 0 Å². The first kappa shape index (κ1) is 23.7. The second-order valence-corrected chi connectivity index (χ2v) is 6.07. The van der Waals surface area contributed by atoms with Crippen LogP contribution in [0.25, 0.3) is 0 Å². The molecule has 7 nitrogen and oxygen atoms in total. The molecule has 2 aromatic carbocycles. The van der Waals surface area contributed by atoms with Gasteiger partial charge in [0, 0.05) is 16.7 Å². The Balaban J connectivity index is 2.17. The van der Waals surface area contributed by atoms with E-state index in [-0.39, 0.29) is 24.0 Å². The number of hydrogen-bond donors (Lipinski definition) is 1. The van der Waals surface area contributed by atoms with Crippen molar-refractivity contribution in [3.05, 3.63) is 65.2 Å². The van der Waals surface area contributed by atoms with Gasteiger partial charge in [-0.25, -0.2) is 0 Å². The molecule has 31 heavy (non-hydrogen) atoms. The number of oxime groups is 2. The van der Waals surface area contributed by atoms with Gasteiger partial charge in [-0.3, -0.25) is 5.41 Å². The Morgan fingerprint density at radius 1 is 1.06 bits per heavy atom. The quantitative estimate of drug-likeness (QED) is 0.344. The Bertz CT molecular complexity index is 959. The van der Waals surface area contributed by atoms with Crippen molar-refractivity contribution in [3.63, 3.8) is 0 Å². The highest BCUT2D eigenvalue weighted by Crippen LogP contribution is 2.23. The first-order valence-electron chi connectivity index (χ1n) is 9.19. The fraction of sp³-hybridized carbons (Fsp3) is 0.286. The summed E-state index contributed by atoms with van der Waals surface area (Å²) in [6.45, 7) is 3.66. The zero-order valence-corrected chi connectivity index (χ0v) is 17.2. The summed E-state index contributed by atoms with van der Waals surface area (Å²) in [6, 6.07) is 12.5. The predicted octanol–water partition coefficient (Wildman–Crippen LogP) is 4.89. The van der Waals surface area contributed by atoms with Crippen molar-refractivity contribution in [2.45, 2.75) is 26.8 Å². The molecule has 0 unspecified atom stereocenters. The van der Waals surface area contributed by atoms with E-state index < -0.39 is 6.36 Å². The fourth-order valence-electron chi connectivity index (χ4n) is 2.56. The highest BCUT2D eigenvalue weighted by Gasteiger charge is 2.31. The van der Waals surface area contributed by atoms with Gasteiger partial charge in [0.2, 0.25) is 5.90 Å². The third-order valence-electron chi connectivity index (χ3n) is 3.87. The van der Waals surface area contributed by atoms with Crippen LogP contribution < -0.4 is 4.74 Å². The lowest BCUT2D eigenvalue weighted by Crippen LogP contribution is -2.20. The number of hydrogen-bond acceptors (Lipinski definition) is 7. The van der Waals surface area contributed by atoms with E-state index in [0.717, 1.165) is 0 Å². The van der Waals surface area contributed by atoms with E-state index in [1.54, 1.807) is 44.2 Å².